The first-order valence-electron chi connectivity index (χ1n) is 11.2. The fraction of sp³-hybridized carbons (Fsp3) is 0.400. The molecule has 0 spiro atoms. The second-order valence-corrected chi connectivity index (χ2v) is 8.83. The van der Waals surface area contributed by atoms with Crippen molar-refractivity contribution in [2.45, 2.75) is 38.4 Å². The molecule has 0 aliphatic heterocycles. The van der Waals surface area contributed by atoms with Gasteiger partial charge in [-0.05, 0) is 34.6 Å². The summed E-state index contributed by atoms with van der Waals surface area (Å²) in [6.07, 6.45) is -5.79. The number of amides is 2. The summed E-state index contributed by atoms with van der Waals surface area (Å²) >= 11 is 0. The van der Waals surface area contributed by atoms with E-state index in [0.29, 0.717) is 0 Å². The Bertz CT molecular complexity index is 1040. The van der Waals surface area contributed by atoms with Crippen molar-refractivity contribution in [2.75, 3.05) is 13.2 Å². The summed E-state index contributed by atoms with van der Waals surface area (Å²) in [7, 11) is 0. The number of nitrogens with one attached hydrogen (secondary N) is 2. The summed E-state index contributed by atoms with van der Waals surface area (Å²) in [6.45, 7) is 2.41. The zero-order valence-electron chi connectivity index (χ0n) is 19.3. The number of hydrogen-bond acceptors (Lipinski definition) is 4. The number of ether oxygens (including phenoxy) is 1. The Morgan fingerprint density at radius 3 is 2.03 bits per heavy atom. The Kier molecular flexibility index (Phi) is 8.03. The molecule has 1 aliphatic rings. The third-order valence-corrected chi connectivity index (χ3v) is 5.83. The summed E-state index contributed by atoms with van der Waals surface area (Å²) < 4.78 is 44.1. The van der Waals surface area contributed by atoms with E-state index in [1.165, 1.54) is 0 Å². The number of fused-ring (bicyclic) bond motifs is 3. The predicted octanol–water partition coefficient (Wildman–Crippen LogP) is 4.32. The normalized spacial score (nSPS) is 14.6. The van der Waals surface area contributed by atoms with Gasteiger partial charge >= 0.3 is 18.2 Å². The number of alkyl carbamates (subject to hydrolysis) is 1. The van der Waals surface area contributed by atoms with Crippen LogP contribution in [0.3, 0.4) is 0 Å². The number of alkyl halides is 3. The van der Waals surface area contributed by atoms with E-state index >= 15 is 0 Å². The molecule has 2 aromatic carbocycles. The van der Waals surface area contributed by atoms with Crippen LogP contribution < -0.4 is 10.6 Å². The lowest BCUT2D eigenvalue weighted by Crippen LogP contribution is -2.50. The second-order valence-electron chi connectivity index (χ2n) is 8.83. The van der Waals surface area contributed by atoms with Crippen molar-refractivity contribution >= 4 is 18.0 Å². The lowest BCUT2D eigenvalue weighted by Gasteiger charge is -2.22. The quantitative estimate of drug-likeness (QED) is 0.484. The number of carbonyl (C=O) groups is 3. The third kappa shape index (κ3) is 6.32. The molecular weight excluding hydrogens is 465 g/mol. The number of halogens is 3. The molecule has 188 valence electrons. The first-order chi connectivity index (χ1) is 16.5. The Labute approximate surface area is 200 Å². The van der Waals surface area contributed by atoms with Crippen LogP contribution in [0.5, 0.6) is 0 Å². The molecule has 35 heavy (non-hydrogen) atoms. The molecule has 0 radical (unpaired) electrons. The van der Waals surface area contributed by atoms with Crippen LogP contribution in [0.15, 0.2) is 48.5 Å². The maximum absolute atomic E-state index is 12.9. The van der Waals surface area contributed by atoms with Crippen LogP contribution in [0.4, 0.5) is 18.0 Å². The highest BCUT2D eigenvalue weighted by molar-refractivity contribution is 5.86. The molecule has 2 unspecified atom stereocenters. The summed E-state index contributed by atoms with van der Waals surface area (Å²) in [4.78, 5) is 36.0. The first-order valence-corrected chi connectivity index (χ1v) is 11.2. The zero-order valence-corrected chi connectivity index (χ0v) is 19.3. The Balaban J connectivity index is 1.64. The van der Waals surface area contributed by atoms with Crippen LogP contribution in [-0.4, -0.2) is 48.4 Å². The van der Waals surface area contributed by atoms with E-state index in [1.54, 1.807) is 13.8 Å². The molecule has 0 bridgehead atoms. The smallest absolute Gasteiger partial charge is 0.407 e. The number of carboxylic acid groups (broad SMARTS) is 1. The van der Waals surface area contributed by atoms with Gasteiger partial charge in [-0.1, -0.05) is 62.4 Å². The van der Waals surface area contributed by atoms with E-state index in [0.717, 1.165) is 22.3 Å². The van der Waals surface area contributed by atoms with Crippen LogP contribution in [0, 0.1) is 11.8 Å². The predicted molar refractivity (Wildman–Crippen MR) is 122 cm³/mol. The molecule has 0 fully saturated rings. The van der Waals surface area contributed by atoms with Gasteiger partial charge in [0.2, 0.25) is 5.91 Å². The molecule has 3 rings (SSSR count). The number of rotatable bonds is 9. The van der Waals surface area contributed by atoms with Crippen LogP contribution in [0.1, 0.15) is 37.3 Å². The van der Waals surface area contributed by atoms with E-state index in [2.05, 4.69) is 5.32 Å². The van der Waals surface area contributed by atoms with Gasteiger partial charge in [0, 0.05) is 12.5 Å². The van der Waals surface area contributed by atoms with Gasteiger partial charge in [0.25, 0.3) is 0 Å². The summed E-state index contributed by atoms with van der Waals surface area (Å²) in [6, 6.07) is 14.3. The van der Waals surface area contributed by atoms with Crippen LogP contribution in [-0.2, 0) is 14.3 Å². The Morgan fingerprint density at radius 1 is 1.00 bits per heavy atom. The number of aliphatic carboxylic acids is 1. The minimum absolute atomic E-state index is 0.00500. The molecule has 7 nitrogen and oxygen atoms in total. The molecule has 1 aliphatic carbocycles. The van der Waals surface area contributed by atoms with Crippen molar-refractivity contribution in [1.29, 1.82) is 0 Å². The van der Waals surface area contributed by atoms with Crippen LogP contribution in [0.25, 0.3) is 11.1 Å². The monoisotopic (exact) mass is 492 g/mol. The highest BCUT2D eigenvalue weighted by Gasteiger charge is 2.45. The topological polar surface area (TPSA) is 105 Å². The van der Waals surface area contributed by atoms with E-state index in [-0.39, 0.29) is 24.9 Å². The average Bonchev–Trinajstić information content (AvgIpc) is 3.09. The van der Waals surface area contributed by atoms with Gasteiger partial charge in [-0.2, -0.15) is 13.2 Å². The van der Waals surface area contributed by atoms with Crippen molar-refractivity contribution in [3.63, 3.8) is 0 Å². The van der Waals surface area contributed by atoms with Crippen molar-refractivity contribution in [1.82, 2.24) is 10.6 Å². The highest BCUT2D eigenvalue weighted by Crippen LogP contribution is 2.44. The van der Waals surface area contributed by atoms with Gasteiger partial charge in [0.1, 0.15) is 12.6 Å². The maximum atomic E-state index is 12.9. The molecule has 10 heteroatoms. The minimum Gasteiger partial charge on any atom is -0.481 e. The molecule has 0 heterocycles. The van der Waals surface area contributed by atoms with Gasteiger partial charge in [-0.25, -0.2) is 4.79 Å². The Hall–Kier alpha value is -3.56. The van der Waals surface area contributed by atoms with Crippen LogP contribution >= 0.6 is 0 Å². The third-order valence-electron chi connectivity index (χ3n) is 5.83. The minimum atomic E-state index is -5.02. The Morgan fingerprint density at radius 2 is 1.54 bits per heavy atom. The lowest BCUT2D eigenvalue weighted by atomic mass is 9.98. The molecule has 3 N–H and O–H groups in total. The number of hydrogen-bond donors (Lipinski definition) is 3. The van der Waals surface area contributed by atoms with Crippen molar-refractivity contribution < 1.29 is 37.4 Å². The molecule has 0 saturated heterocycles. The van der Waals surface area contributed by atoms with Gasteiger partial charge in [-0.3, -0.25) is 9.59 Å². The van der Waals surface area contributed by atoms with E-state index in [4.69, 9.17) is 9.84 Å². The van der Waals surface area contributed by atoms with E-state index in [9.17, 15) is 27.6 Å². The van der Waals surface area contributed by atoms with E-state index < -0.39 is 42.7 Å². The average molecular weight is 492 g/mol. The highest BCUT2D eigenvalue weighted by atomic mass is 19.4. The molecular formula is C25H27F3N2O5. The summed E-state index contributed by atoms with van der Waals surface area (Å²) in [5, 5.41) is 13.2. The SMILES string of the molecule is CC(C)CC(NC(=O)OCC1c2ccccc2-c2ccccc21)C(=O)NCC(C(=O)O)C(F)(F)F. The van der Waals surface area contributed by atoms with Crippen molar-refractivity contribution in [3.05, 3.63) is 59.7 Å². The molecule has 2 aromatic rings. The van der Waals surface area contributed by atoms with Gasteiger partial charge < -0.3 is 20.5 Å². The lowest BCUT2D eigenvalue weighted by molar-refractivity contribution is -0.192. The summed E-state index contributed by atoms with van der Waals surface area (Å²) in [5.41, 5.74) is 4.10. The van der Waals surface area contributed by atoms with Gasteiger partial charge in [-0.15, -0.1) is 0 Å². The van der Waals surface area contributed by atoms with Gasteiger partial charge in [0.05, 0.1) is 0 Å². The molecule has 0 aromatic heterocycles. The molecule has 0 saturated carbocycles. The fourth-order valence-electron chi connectivity index (χ4n) is 4.15. The second kappa shape index (κ2) is 10.8. The van der Waals surface area contributed by atoms with E-state index in [1.807, 2.05) is 53.8 Å². The maximum Gasteiger partial charge on any atom is 0.407 e. The van der Waals surface area contributed by atoms with Crippen molar-refractivity contribution in [2.24, 2.45) is 11.8 Å². The molecule has 2 atom stereocenters. The summed E-state index contributed by atoms with van der Waals surface area (Å²) in [5.74, 6) is -6.04. The standard InChI is InChI=1S/C25H27F3N2O5/c1-14(2)11-21(22(31)29-12-20(23(32)33)25(26,27)28)30-24(34)35-13-19-17-9-5-3-7-15(17)16-8-4-6-10-18(16)19/h3-10,14,19-21H,11-13H2,1-2H3,(H,29,31)(H,30,34)(H,32,33). The number of benzene rings is 2. The first kappa shape index (κ1) is 26.1. The van der Waals surface area contributed by atoms with Gasteiger partial charge in [0.15, 0.2) is 5.92 Å². The fourth-order valence-corrected chi connectivity index (χ4v) is 4.15. The zero-order chi connectivity index (χ0) is 25.8. The largest absolute Gasteiger partial charge is 0.481 e. The van der Waals surface area contributed by atoms with Crippen molar-refractivity contribution in [3.8, 4) is 11.1 Å². The van der Waals surface area contributed by atoms with Crippen LogP contribution in [0.2, 0.25) is 0 Å². The number of carbonyl (C=O) groups excluding carboxylic acids is 2. The molecule has 2 amide bonds. The number of carboxylic acids is 1.